The quantitative estimate of drug-likeness (QED) is 0.632. The van der Waals surface area contributed by atoms with E-state index in [2.05, 4.69) is 4.99 Å². The maximum absolute atomic E-state index is 11.8. The second-order valence-corrected chi connectivity index (χ2v) is 6.63. The molecular formula is C12H16ClN3O3S. The molecule has 0 spiro atoms. The Balaban J connectivity index is 0.00000200. The topological polar surface area (TPSA) is 116 Å². The van der Waals surface area contributed by atoms with Crippen LogP contribution in [0.1, 0.15) is 34.7 Å². The second kappa shape index (κ2) is 5.80. The smallest absolute Gasteiger partial charge is 0.280 e. The summed E-state index contributed by atoms with van der Waals surface area (Å²) in [4.78, 5) is 15.3. The molecular weight excluding hydrogens is 302 g/mol. The summed E-state index contributed by atoms with van der Waals surface area (Å²) in [7, 11) is -3.39. The highest BCUT2D eigenvalue weighted by molar-refractivity contribution is 7.90. The molecule has 0 heterocycles. The fourth-order valence-corrected chi connectivity index (χ4v) is 2.91. The van der Waals surface area contributed by atoms with Crippen LogP contribution in [-0.2, 0) is 9.84 Å². The first-order valence-corrected chi connectivity index (χ1v) is 7.66. The lowest BCUT2D eigenvalue weighted by atomic mass is 10.1. The Morgan fingerprint density at radius 1 is 1.30 bits per heavy atom. The molecule has 1 aliphatic carbocycles. The largest absolute Gasteiger partial charge is 0.370 e. The first-order valence-electron chi connectivity index (χ1n) is 5.77. The van der Waals surface area contributed by atoms with Gasteiger partial charge in [0.25, 0.3) is 5.91 Å². The van der Waals surface area contributed by atoms with Gasteiger partial charge in [-0.3, -0.25) is 4.79 Å². The van der Waals surface area contributed by atoms with Gasteiger partial charge in [-0.1, -0.05) is 6.07 Å². The van der Waals surface area contributed by atoms with Crippen LogP contribution in [-0.4, -0.2) is 26.5 Å². The average molecular weight is 318 g/mol. The van der Waals surface area contributed by atoms with E-state index < -0.39 is 15.7 Å². The minimum absolute atomic E-state index is 0. The molecule has 0 unspecified atom stereocenters. The number of hydrogen-bond acceptors (Lipinski definition) is 3. The van der Waals surface area contributed by atoms with E-state index in [-0.39, 0.29) is 34.7 Å². The molecule has 6 nitrogen and oxygen atoms in total. The summed E-state index contributed by atoms with van der Waals surface area (Å²) in [5, 5.41) is 0. The summed E-state index contributed by atoms with van der Waals surface area (Å²) in [5.41, 5.74) is 11.2. The predicted octanol–water partition coefficient (Wildman–Crippen LogP) is 0.803. The maximum Gasteiger partial charge on any atom is 0.280 e. The second-order valence-electron chi connectivity index (χ2n) is 4.64. The number of sulfone groups is 1. The fourth-order valence-electron chi connectivity index (χ4n) is 1.90. The predicted molar refractivity (Wildman–Crippen MR) is 78.9 cm³/mol. The van der Waals surface area contributed by atoms with Gasteiger partial charge in [0.2, 0.25) is 0 Å². The van der Waals surface area contributed by atoms with Crippen LogP contribution in [0.15, 0.2) is 28.1 Å². The van der Waals surface area contributed by atoms with E-state index in [1.54, 1.807) is 12.1 Å². The van der Waals surface area contributed by atoms with Gasteiger partial charge in [0.05, 0.1) is 4.90 Å². The van der Waals surface area contributed by atoms with Crippen LogP contribution in [0, 0.1) is 0 Å². The normalized spacial score (nSPS) is 14.2. The van der Waals surface area contributed by atoms with Crippen LogP contribution in [0.25, 0.3) is 0 Å². The molecule has 1 aromatic rings. The van der Waals surface area contributed by atoms with Gasteiger partial charge in [-0.15, -0.1) is 12.4 Å². The number of guanidine groups is 1. The monoisotopic (exact) mass is 317 g/mol. The zero-order chi connectivity index (χ0) is 14.2. The lowest BCUT2D eigenvalue weighted by molar-refractivity contribution is 0.100. The molecule has 4 N–H and O–H groups in total. The maximum atomic E-state index is 11.8. The van der Waals surface area contributed by atoms with Crippen molar-refractivity contribution < 1.29 is 13.2 Å². The number of halogens is 1. The molecule has 1 aliphatic rings. The van der Waals surface area contributed by atoms with E-state index in [0.717, 1.165) is 24.7 Å². The SMILES string of the molecule is CS(=O)(=O)c1cc(C(=O)N=C(N)N)ccc1C1CC1.Cl. The molecule has 1 saturated carbocycles. The molecule has 1 amide bonds. The minimum atomic E-state index is -3.39. The standard InChI is InChI=1S/C12H15N3O3S.ClH/c1-19(17,18)10-6-8(11(16)15-12(13)14)4-5-9(10)7-2-3-7;/h4-7H,2-3H2,1H3,(H4,13,14,15,16);1H. The molecule has 0 radical (unpaired) electrons. The molecule has 8 heteroatoms. The molecule has 0 saturated heterocycles. The number of carbonyl (C=O) groups excluding carboxylic acids is 1. The van der Waals surface area contributed by atoms with Crippen LogP contribution < -0.4 is 11.5 Å². The molecule has 1 fully saturated rings. The lowest BCUT2D eigenvalue weighted by Gasteiger charge is -2.08. The summed E-state index contributed by atoms with van der Waals surface area (Å²) in [6.45, 7) is 0. The summed E-state index contributed by atoms with van der Waals surface area (Å²) < 4.78 is 23.6. The van der Waals surface area contributed by atoms with Gasteiger partial charge in [-0.25, -0.2) is 8.42 Å². The van der Waals surface area contributed by atoms with Crippen molar-refractivity contribution in [3.8, 4) is 0 Å². The van der Waals surface area contributed by atoms with Gasteiger partial charge < -0.3 is 11.5 Å². The summed E-state index contributed by atoms with van der Waals surface area (Å²) in [6.07, 6.45) is 3.08. The van der Waals surface area contributed by atoms with Crippen LogP contribution in [0.3, 0.4) is 0 Å². The van der Waals surface area contributed by atoms with Gasteiger partial charge in [0.1, 0.15) is 0 Å². The Morgan fingerprint density at radius 2 is 1.90 bits per heavy atom. The lowest BCUT2D eigenvalue weighted by Crippen LogP contribution is -2.24. The van der Waals surface area contributed by atoms with E-state index >= 15 is 0 Å². The molecule has 0 aromatic heterocycles. The van der Waals surface area contributed by atoms with E-state index in [4.69, 9.17) is 11.5 Å². The third-order valence-electron chi connectivity index (χ3n) is 2.91. The number of amides is 1. The highest BCUT2D eigenvalue weighted by Crippen LogP contribution is 2.43. The van der Waals surface area contributed by atoms with Crippen molar-refractivity contribution >= 4 is 34.1 Å². The highest BCUT2D eigenvalue weighted by atomic mass is 35.5. The number of rotatable bonds is 3. The fraction of sp³-hybridized carbons (Fsp3) is 0.333. The number of carbonyl (C=O) groups is 1. The third-order valence-corrected chi connectivity index (χ3v) is 4.06. The molecule has 1 aromatic carbocycles. The summed E-state index contributed by atoms with van der Waals surface area (Å²) in [6, 6.07) is 4.57. The Labute approximate surface area is 123 Å². The number of nitrogens with two attached hydrogens (primary N) is 2. The molecule has 110 valence electrons. The molecule has 0 atom stereocenters. The summed E-state index contributed by atoms with van der Waals surface area (Å²) in [5.74, 6) is -0.721. The van der Waals surface area contributed by atoms with Crippen molar-refractivity contribution in [1.82, 2.24) is 0 Å². The van der Waals surface area contributed by atoms with Crippen molar-refractivity contribution in [3.05, 3.63) is 29.3 Å². The van der Waals surface area contributed by atoms with Crippen molar-refractivity contribution in [2.75, 3.05) is 6.26 Å². The number of benzene rings is 1. The average Bonchev–Trinajstić information content (AvgIpc) is 3.09. The van der Waals surface area contributed by atoms with Crippen LogP contribution in [0.5, 0.6) is 0 Å². The Kier molecular flexibility index (Phi) is 4.77. The summed E-state index contributed by atoms with van der Waals surface area (Å²) >= 11 is 0. The van der Waals surface area contributed by atoms with Gasteiger partial charge in [0, 0.05) is 11.8 Å². The van der Waals surface area contributed by atoms with Crippen molar-refractivity contribution in [1.29, 1.82) is 0 Å². The number of hydrogen-bond donors (Lipinski definition) is 2. The van der Waals surface area contributed by atoms with Gasteiger partial charge >= 0.3 is 0 Å². The van der Waals surface area contributed by atoms with Crippen molar-refractivity contribution in [2.45, 2.75) is 23.7 Å². The molecule has 2 rings (SSSR count). The number of nitrogens with zero attached hydrogens (tertiary/aromatic N) is 1. The zero-order valence-corrected chi connectivity index (χ0v) is 12.5. The minimum Gasteiger partial charge on any atom is -0.370 e. The van der Waals surface area contributed by atoms with Gasteiger partial charge in [-0.05, 0) is 36.5 Å². The first-order chi connectivity index (χ1) is 8.79. The Hall–Kier alpha value is -1.60. The van der Waals surface area contributed by atoms with Crippen LogP contribution in [0.2, 0.25) is 0 Å². The molecule has 20 heavy (non-hydrogen) atoms. The third kappa shape index (κ3) is 3.71. The Morgan fingerprint density at radius 3 is 2.35 bits per heavy atom. The number of aliphatic imine (C=N–C) groups is 1. The van der Waals surface area contributed by atoms with Crippen molar-refractivity contribution in [2.24, 2.45) is 16.5 Å². The van der Waals surface area contributed by atoms with Crippen molar-refractivity contribution in [3.63, 3.8) is 0 Å². The molecule has 0 bridgehead atoms. The molecule has 0 aliphatic heterocycles. The Bertz CT molecular complexity index is 663. The first kappa shape index (κ1) is 16.5. The van der Waals surface area contributed by atoms with Crippen LogP contribution in [0.4, 0.5) is 0 Å². The zero-order valence-electron chi connectivity index (χ0n) is 10.9. The van der Waals surface area contributed by atoms with Gasteiger partial charge in [-0.2, -0.15) is 4.99 Å². The van der Waals surface area contributed by atoms with Crippen LogP contribution >= 0.6 is 12.4 Å². The highest BCUT2D eigenvalue weighted by Gasteiger charge is 2.29. The van der Waals surface area contributed by atoms with E-state index in [9.17, 15) is 13.2 Å². The van der Waals surface area contributed by atoms with Gasteiger partial charge in [0.15, 0.2) is 15.8 Å². The van der Waals surface area contributed by atoms with E-state index in [1.165, 1.54) is 6.07 Å². The van der Waals surface area contributed by atoms with E-state index in [1.807, 2.05) is 0 Å². The van der Waals surface area contributed by atoms with E-state index in [0.29, 0.717) is 0 Å².